The lowest BCUT2D eigenvalue weighted by molar-refractivity contribution is 0.0669. The van der Waals surface area contributed by atoms with Gasteiger partial charge in [0, 0.05) is 16.6 Å². The largest absolute Gasteiger partial charge is 0.497 e. The fraction of sp³-hybridized carbons (Fsp3) is 0.241. The van der Waals surface area contributed by atoms with Crippen molar-refractivity contribution in [3.8, 4) is 23.1 Å². The molecule has 6 nitrogen and oxygen atoms in total. The molecular weight excluding hydrogens is 493 g/mol. The number of carbonyl (C=O) groups excluding carboxylic acids is 1. The van der Waals surface area contributed by atoms with E-state index in [1.807, 2.05) is 32.9 Å². The summed E-state index contributed by atoms with van der Waals surface area (Å²) in [6, 6.07) is 20.2. The molecule has 0 aliphatic rings. The first-order valence-electron chi connectivity index (χ1n) is 12.0. The van der Waals surface area contributed by atoms with Crippen molar-refractivity contribution in [3.63, 3.8) is 0 Å². The van der Waals surface area contributed by atoms with Gasteiger partial charge in [-0.15, -0.1) is 0 Å². The Morgan fingerprint density at radius 3 is 2.43 bits per heavy atom. The van der Waals surface area contributed by atoms with E-state index in [1.165, 1.54) is 18.2 Å². The maximum absolute atomic E-state index is 13.9. The van der Waals surface area contributed by atoms with Crippen LogP contribution in [0.4, 0.5) is 4.39 Å². The number of ether oxygens (including phenoxy) is 2. The van der Waals surface area contributed by atoms with E-state index in [0.29, 0.717) is 28.1 Å². The number of halogens is 2. The molecule has 4 rings (SSSR count). The average molecular weight is 522 g/mol. The molecule has 0 bridgehead atoms. The lowest BCUT2D eigenvalue weighted by Gasteiger charge is -2.29. The normalized spacial score (nSPS) is 11.7. The quantitative estimate of drug-likeness (QED) is 0.233. The second-order valence-corrected chi connectivity index (χ2v) is 9.18. The molecule has 8 heteroatoms. The van der Waals surface area contributed by atoms with Crippen molar-refractivity contribution >= 4 is 17.5 Å². The topological polar surface area (TPSA) is 56.6 Å². The van der Waals surface area contributed by atoms with E-state index >= 15 is 0 Å². The van der Waals surface area contributed by atoms with Crippen LogP contribution in [0.3, 0.4) is 0 Å². The Hall–Kier alpha value is -3.84. The Morgan fingerprint density at radius 1 is 1.08 bits per heavy atom. The SMILES string of the molecule is CC[C@H](C)N(Cc1c(C)nn(-c2cccc(Cl)c2)c1Oc1ccc(OC)cc1)C(=O)c1cccc(F)c1. The first kappa shape index (κ1) is 26.2. The van der Waals surface area contributed by atoms with Gasteiger partial charge in [-0.25, -0.2) is 9.07 Å². The summed E-state index contributed by atoms with van der Waals surface area (Å²) in [5.74, 6) is 1.03. The number of benzene rings is 3. The molecule has 0 aliphatic heterocycles. The van der Waals surface area contributed by atoms with Crippen LogP contribution in [0.25, 0.3) is 5.69 Å². The maximum atomic E-state index is 13.9. The molecule has 4 aromatic rings. The molecule has 0 aliphatic carbocycles. The van der Waals surface area contributed by atoms with Crippen molar-refractivity contribution in [3.05, 3.63) is 100 Å². The van der Waals surface area contributed by atoms with Crippen LogP contribution in [0.1, 0.15) is 41.9 Å². The number of aryl methyl sites for hydroxylation is 1. The van der Waals surface area contributed by atoms with E-state index in [-0.39, 0.29) is 24.1 Å². The van der Waals surface area contributed by atoms with Crippen molar-refractivity contribution < 1.29 is 18.7 Å². The van der Waals surface area contributed by atoms with Gasteiger partial charge < -0.3 is 14.4 Å². The molecule has 1 aromatic heterocycles. The number of hydrogen-bond acceptors (Lipinski definition) is 4. The highest BCUT2D eigenvalue weighted by atomic mass is 35.5. The number of nitrogens with zero attached hydrogens (tertiary/aromatic N) is 3. The molecule has 1 atom stereocenters. The van der Waals surface area contributed by atoms with Crippen molar-refractivity contribution in [1.82, 2.24) is 14.7 Å². The zero-order valence-electron chi connectivity index (χ0n) is 21.2. The number of amides is 1. The van der Waals surface area contributed by atoms with Gasteiger partial charge >= 0.3 is 0 Å². The van der Waals surface area contributed by atoms with E-state index < -0.39 is 5.82 Å². The Labute approximate surface area is 221 Å². The number of hydrogen-bond donors (Lipinski definition) is 0. The standard InChI is InChI=1S/C29H29ClFN3O3/c1-5-19(2)33(28(35)21-8-6-10-23(31)16-21)18-27-20(3)32-34(24-11-7-9-22(30)17-24)29(27)37-26-14-12-25(36-4)13-15-26/h6-17,19H,5,18H2,1-4H3/t19-/m0/s1. The summed E-state index contributed by atoms with van der Waals surface area (Å²) in [6.07, 6.45) is 0.719. The van der Waals surface area contributed by atoms with E-state index in [1.54, 1.807) is 59.2 Å². The number of aromatic nitrogens is 2. The van der Waals surface area contributed by atoms with E-state index in [4.69, 9.17) is 26.2 Å². The summed E-state index contributed by atoms with van der Waals surface area (Å²) in [6.45, 7) is 6.08. The molecular formula is C29H29ClFN3O3. The first-order valence-corrected chi connectivity index (χ1v) is 12.4. The third kappa shape index (κ3) is 5.94. The van der Waals surface area contributed by atoms with Crippen LogP contribution >= 0.6 is 11.6 Å². The minimum absolute atomic E-state index is 0.112. The molecule has 0 N–H and O–H groups in total. The van der Waals surface area contributed by atoms with Crippen LogP contribution in [-0.4, -0.2) is 33.7 Å². The fourth-order valence-corrected chi connectivity index (χ4v) is 4.15. The van der Waals surface area contributed by atoms with E-state index in [9.17, 15) is 9.18 Å². The van der Waals surface area contributed by atoms with Gasteiger partial charge in [-0.05, 0) is 80.9 Å². The molecule has 0 unspecified atom stereocenters. The Kier molecular flexibility index (Phi) is 8.14. The van der Waals surface area contributed by atoms with Gasteiger partial charge in [-0.3, -0.25) is 4.79 Å². The van der Waals surface area contributed by atoms with Gasteiger partial charge in [0.15, 0.2) is 0 Å². The average Bonchev–Trinajstić information content (AvgIpc) is 3.21. The molecule has 0 saturated heterocycles. The second-order valence-electron chi connectivity index (χ2n) is 8.74. The van der Waals surface area contributed by atoms with Gasteiger partial charge in [0.05, 0.1) is 30.6 Å². The Balaban J connectivity index is 1.79. The zero-order valence-corrected chi connectivity index (χ0v) is 22.0. The lowest BCUT2D eigenvalue weighted by atomic mass is 10.1. The van der Waals surface area contributed by atoms with E-state index in [2.05, 4.69) is 0 Å². The van der Waals surface area contributed by atoms with Crippen LogP contribution in [0, 0.1) is 12.7 Å². The predicted molar refractivity (Wildman–Crippen MR) is 142 cm³/mol. The van der Waals surface area contributed by atoms with Gasteiger partial charge in [-0.2, -0.15) is 5.10 Å². The Bertz CT molecular complexity index is 1390. The molecule has 37 heavy (non-hydrogen) atoms. The summed E-state index contributed by atoms with van der Waals surface area (Å²) in [4.78, 5) is 15.3. The first-order chi connectivity index (χ1) is 17.8. The van der Waals surface area contributed by atoms with E-state index in [0.717, 1.165) is 17.7 Å². The maximum Gasteiger partial charge on any atom is 0.254 e. The van der Waals surface area contributed by atoms with Crippen molar-refractivity contribution in [2.24, 2.45) is 0 Å². The third-order valence-electron chi connectivity index (χ3n) is 6.25. The molecule has 0 radical (unpaired) electrons. The number of carbonyl (C=O) groups is 1. The summed E-state index contributed by atoms with van der Waals surface area (Å²) >= 11 is 6.27. The smallest absolute Gasteiger partial charge is 0.254 e. The highest BCUT2D eigenvalue weighted by Crippen LogP contribution is 2.33. The molecule has 1 heterocycles. The second kappa shape index (κ2) is 11.5. The fourth-order valence-electron chi connectivity index (χ4n) is 3.97. The molecule has 3 aromatic carbocycles. The molecule has 192 valence electrons. The summed E-state index contributed by atoms with van der Waals surface area (Å²) in [5.41, 5.74) is 2.44. The highest BCUT2D eigenvalue weighted by Gasteiger charge is 2.27. The van der Waals surface area contributed by atoms with Crippen LogP contribution in [0.15, 0.2) is 72.8 Å². The van der Waals surface area contributed by atoms with Gasteiger partial charge in [-0.1, -0.05) is 30.7 Å². The number of rotatable bonds is 9. The molecule has 0 saturated carbocycles. The monoisotopic (exact) mass is 521 g/mol. The van der Waals surface area contributed by atoms with Crippen LogP contribution in [0.5, 0.6) is 17.4 Å². The van der Waals surface area contributed by atoms with Crippen molar-refractivity contribution in [2.75, 3.05) is 7.11 Å². The van der Waals surface area contributed by atoms with Crippen molar-refractivity contribution in [1.29, 1.82) is 0 Å². The van der Waals surface area contributed by atoms with Crippen LogP contribution in [-0.2, 0) is 6.54 Å². The summed E-state index contributed by atoms with van der Waals surface area (Å²) < 4.78 is 27.2. The Morgan fingerprint density at radius 2 is 1.78 bits per heavy atom. The minimum Gasteiger partial charge on any atom is -0.497 e. The van der Waals surface area contributed by atoms with Crippen LogP contribution < -0.4 is 9.47 Å². The zero-order chi connectivity index (χ0) is 26.5. The van der Waals surface area contributed by atoms with Crippen molar-refractivity contribution in [2.45, 2.75) is 39.8 Å². The lowest BCUT2D eigenvalue weighted by Crippen LogP contribution is -2.38. The summed E-state index contributed by atoms with van der Waals surface area (Å²) in [5, 5.41) is 5.31. The molecule has 1 amide bonds. The minimum atomic E-state index is -0.455. The molecule has 0 spiro atoms. The third-order valence-corrected chi connectivity index (χ3v) is 6.48. The number of methoxy groups -OCH3 is 1. The predicted octanol–water partition coefficient (Wildman–Crippen LogP) is 7.22. The van der Waals surface area contributed by atoms with Gasteiger partial charge in [0.2, 0.25) is 5.88 Å². The highest BCUT2D eigenvalue weighted by molar-refractivity contribution is 6.30. The van der Waals surface area contributed by atoms with Gasteiger partial charge in [0.25, 0.3) is 5.91 Å². The summed E-state index contributed by atoms with van der Waals surface area (Å²) in [7, 11) is 1.60. The van der Waals surface area contributed by atoms with Crippen LogP contribution in [0.2, 0.25) is 5.02 Å². The molecule has 0 fully saturated rings. The van der Waals surface area contributed by atoms with Gasteiger partial charge in [0.1, 0.15) is 17.3 Å².